The summed E-state index contributed by atoms with van der Waals surface area (Å²) in [6, 6.07) is -0.155. The Balaban J connectivity index is 1.89. The molecular weight excluding hydrogens is 274 g/mol. The molecule has 2 rings (SSSR count). The lowest BCUT2D eigenvalue weighted by molar-refractivity contribution is -0.148. The maximum atomic E-state index is 12.3. The van der Waals surface area contributed by atoms with E-state index >= 15 is 0 Å². The highest BCUT2D eigenvalue weighted by molar-refractivity contribution is 5.79. The number of urea groups is 1. The molecule has 7 heteroatoms. The molecule has 2 amide bonds. The zero-order chi connectivity index (χ0) is 15.6. The third-order valence-electron chi connectivity index (χ3n) is 4.72. The number of carbonyl (C=O) groups is 2. The maximum absolute atomic E-state index is 12.3. The van der Waals surface area contributed by atoms with Gasteiger partial charge in [0.25, 0.3) is 0 Å². The van der Waals surface area contributed by atoms with Gasteiger partial charge in [0, 0.05) is 19.1 Å². The van der Waals surface area contributed by atoms with Crippen LogP contribution in [0.4, 0.5) is 4.79 Å². The predicted octanol–water partition coefficient (Wildman–Crippen LogP) is 0.212. The van der Waals surface area contributed by atoms with Crippen molar-refractivity contribution in [3.8, 4) is 0 Å². The topological polar surface area (TPSA) is 82.1 Å². The van der Waals surface area contributed by atoms with Crippen LogP contribution in [0.15, 0.2) is 0 Å². The third kappa shape index (κ3) is 3.29. The Labute approximate surface area is 125 Å². The van der Waals surface area contributed by atoms with Gasteiger partial charge < -0.3 is 25.0 Å². The van der Waals surface area contributed by atoms with E-state index in [0.29, 0.717) is 19.1 Å². The van der Waals surface area contributed by atoms with Gasteiger partial charge in [0.1, 0.15) is 5.41 Å². The van der Waals surface area contributed by atoms with Crippen molar-refractivity contribution < 1.29 is 19.4 Å². The molecule has 0 saturated carbocycles. The second-order valence-corrected chi connectivity index (χ2v) is 6.42. The summed E-state index contributed by atoms with van der Waals surface area (Å²) in [5, 5.41) is 12.1. The molecule has 0 aromatic carbocycles. The van der Waals surface area contributed by atoms with E-state index in [0.717, 1.165) is 12.8 Å². The van der Waals surface area contributed by atoms with Crippen LogP contribution in [0, 0.1) is 5.41 Å². The second-order valence-electron chi connectivity index (χ2n) is 6.42. The minimum atomic E-state index is -1.04. The number of rotatable bonds is 3. The fraction of sp³-hybridized carbons (Fsp3) is 0.857. The minimum Gasteiger partial charge on any atom is -0.481 e. The molecule has 2 heterocycles. The molecule has 2 unspecified atom stereocenters. The van der Waals surface area contributed by atoms with Crippen LogP contribution in [0.5, 0.6) is 0 Å². The van der Waals surface area contributed by atoms with Crippen molar-refractivity contribution in [2.75, 3.05) is 40.4 Å². The van der Waals surface area contributed by atoms with Crippen molar-refractivity contribution in [3.05, 3.63) is 0 Å². The number of aliphatic carboxylic acids is 1. The molecule has 2 saturated heterocycles. The normalized spacial score (nSPS) is 30.7. The lowest BCUT2D eigenvalue weighted by Crippen LogP contribution is -2.55. The number of likely N-dealkylation sites (tertiary alicyclic amines) is 1. The Morgan fingerprint density at radius 3 is 2.48 bits per heavy atom. The number of nitrogens with zero attached hydrogens (tertiary/aromatic N) is 2. The van der Waals surface area contributed by atoms with Crippen LogP contribution in [-0.4, -0.2) is 79.4 Å². The number of ether oxygens (including phenoxy) is 1. The Morgan fingerprint density at radius 2 is 1.95 bits per heavy atom. The molecule has 0 radical (unpaired) electrons. The van der Waals surface area contributed by atoms with Gasteiger partial charge in [-0.05, 0) is 33.9 Å². The summed E-state index contributed by atoms with van der Waals surface area (Å²) >= 11 is 0. The van der Waals surface area contributed by atoms with E-state index in [4.69, 9.17) is 4.74 Å². The SMILES string of the molecule is CN(C)C1CCN(C(=O)NC2COCC2(C)C(=O)O)CC1. The monoisotopic (exact) mass is 299 g/mol. The number of carboxylic acid groups (broad SMARTS) is 1. The Morgan fingerprint density at radius 1 is 1.33 bits per heavy atom. The van der Waals surface area contributed by atoms with Crippen molar-refractivity contribution in [3.63, 3.8) is 0 Å². The van der Waals surface area contributed by atoms with Crippen LogP contribution < -0.4 is 5.32 Å². The van der Waals surface area contributed by atoms with Gasteiger partial charge >= 0.3 is 12.0 Å². The Kier molecular flexibility index (Phi) is 4.73. The first-order valence-electron chi connectivity index (χ1n) is 7.37. The van der Waals surface area contributed by atoms with E-state index in [1.165, 1.54) is 0 Å². The van der Waals surface area contributed by atoms with E-state index in [9.17, 15) is 14.7 Å². The van der Waals surface area contributed by atoms with Gasteiger partial charge in [0.2, 0.25) is 0 Å². The largest absolute Gasteiger partial charge is 0.481 e. The molecule has 2 N–H and O–H groups in total. The summed E-state index contributed by atoms with van der Waals surface area (Å²) in [7, 11) is 4.10. The predicted molar refractivity (Wildman–Crippen MR) is 77.2 cm³/mol. The fourth-order valence-corrected chi connectivity index (χ4v) is 2.91. The van der Waals surface area contributed by atoms with Crippen LogP contribution in [0.2, 0.25) is 0 Å². The molecule has 2 atom stereocenters. The van der Waals surface area contributed by atoms with Gasteiger partial charge in [-0.3, -0.25) is 4.79 Å². The first kappa shape index (κ1) is 16.0. The quantitative estimate of drug-likeness (QED) is 0.778. The van der Waals surface area contributed by atoms with E-state index in [1.807, 2.05) is 0 Å². The van der Waals surface area contributed by atoms with Gasteiger partial charge in [-0.2, -0.15) is 0 Å². The Hall–Kier alpha value is -1.34. The van der Waals surface area contributed by atoms with Crippen LogP contribution in [0.25, 0.3) is 0 Å². The molecule has 7 nitrogen and oxygen atoms in total. The van der Waals surface area contributed by atoms with E-state index < -0.39 is 17.4 Å². The standard InChI is InChI=1S/C14H25N3O4/c1-14(12(18)19)9-21-8-11(14)15-13(20)17-6-4-10(5-7-17)16(2)3/h10-11H,4-9H2,1-3H3,(H,15,20)(H,18,19). The number of piperidine rings is 1. The molecule has 0 spiro atoms. The number of hydrogen-bond acceptors (Lipinski definition) is 4. The van der Waals surface area contributed by atoms with E-state index in [1.54, 1.807) is 11.8 Å². The average molecular weight is 299 g/mol. The molecule has 0 aromatic heterocycles. The summed E-state index contributed by atoms with van der Waals surface area (Å²) in [5.41, 5.74) is -1.04. The average Bonchev–Trinajstić information content (AvgIpc) is 2.81. The highest BCUT2D eigenvalue weighted by Gasteiger charge is 2.47. The maximum Gasteiger partial charge on any atom is 0.317 e. The van der Waals surface area contributed by atoms with Gasteiger partial charge in [-0.25, -0.2) is 4.79 Å². The van der Waals surface area contributed by atoms with Crippen LogP contribution in [0.3, 0.4) is 0 Å². The third-order valence-corrected chi connectivity index (χ3v) is 4.72. The number of nitrogens with one attached hydrogen (secondary N) is 1. The highest BCUT2D eigenvalue weighted by Crippen LogP contribution is 2.29. The summed E-state index contributed by atoms with van der Waals surface area (Å²) in [6.07, 6.45) is 1.88. The first-order chi connectivity index (χ1) is 9.84. The van der Waals surface area contributed by atoms with Crippen molar-refractivity contribution in [1.82, 2.24) is 15.1 Å². The number of hydrogen-bond donors (Lipinski definition) is 2. The summed E-state index contributed by atoms with van der Waals surface area (Å²) in [5.74, 6) is -0.934. The smallest absolute Gasteiger partial charge is 0.317 e. The summed E-state index contributed by atoms with van der Waals surface area (Å²) in [4.78, 5) is 27.6. The fourth-order valence-electron chi connectivity index (χ4n) is 2.91. The number of carbonyl (C=O) groups excluding carboxylic acids is 1. The molecule has 0 aromatic rings. The van der Waals surface area contributed by atoms with Crippen molar-refractivity contribution in [2.24, 2.45) is 5.41 Å². The van der Waals surface area contributed by atoms with Gasteiger partial charge in [0.05, 0.1) is 19.3 Å². The number of amides is 2. The summed E-state index contributed by atoms with van der Waals surface area (Å²) < 4.78 is 5.25. The zero-order valence-corrected chi connectivity index (χ0v) is 13.0. The van der Waals surface area contributed by atoms with Gasteiger partial charge in [-0.1, -0.05) is 0 Å². The number of carboxylic acids is 1. The molecule has 2 aliphatic heterocycles. The molecule has 21 heavy (non-hydrogen) atoms. The van der Waals surface area contributed by atoms with Crippen molar-refractivity contribution in [1.29, 1.82) is 0 Å². The highest BCUT2D eigenvalue weighted by atomic mass is 16.5. The van der Waals surface area contributed by atoms with Gasteiger partial charge in [0.15, 0.2) is 0 Å². The minimum absolute atomic E-state index is 0.135. The first-order valence-corrected chi connectivity index (χ1v) is 7.37. The summed E-state index contributed by atoms with van der Waals surface area (Å²) in [6.45, 7) is 3.41. The van der Waals surface area contributed by atoms with E-state index in [2.05, 4.69) is 24.3 Å². The van der Waals surface area contributed by atoms with Crippen molar-refractivity contribution >= 4 is 12.0 Å². The van der Waals surface area contributed by atoms with Gasteiger partial charge in [-0.15, -0.1) is 0 Å². The lowest BCUT2D eigenvalue weighted by Gasteiger charge is -2.36. The van der Waals surface area contributed by atoms with Crippen LogP contribution in [0.1, 0.15) is 19.8 Å². The van der Waals surface area contributed by atoms with Crippen LogP contribution >= 0.6 is 0 Å². The zero-order valence-electron chi connectivity index (χ0n) is 13.0. The van der Waals surface area contributed by atoms with Crippen molar-refractivity contribution in [2.45, 2.75) is 31.8 Å². The molecule has 0 bridgehead atoms. The molecular formula is C14H25N3O4. The van der Waals surface area contributed by atoms with E-state index in [-0.39, 0.29) is 19.2 Å². The van der Waals surface area contributed by atoms with Crippen LogP contribution in [-0.2, 0) is 9.53 Å². The lowest BCUT2D eigenvalue weighted by atomic mass is 9.85. The molecule has 2 fully saturated rings. The Bertz CT molecular complexity index is 407. The molecule has 0 aliphatic carbocycles. The molecule has 2 aliphatic rings. The second kappa shape index (κ2) is 6.19. The molecule has 120 valence electrons.